The van der Waals surface area contributed by atoms with Crippen molar-refractivity contribution in [1.29, 1.82) is 0 Å². The average molecular weight is 181 g/mol. The van der Waals surface area contributed by atoms with Gasteiger partial charge in [-0.05, 0) is 6.92 Å². The number of aryl methyl sites for hydroxylation is 1. The van der Waals surface area contributed by atoms with Crippen LogP contribution in [0.1, 0.15) is 5.01 Å². The van der Waals surface area contributed by atoms with Crippen molar-refractivity contribution >= 4 is 17.2 Å². The van der Waals surface area contributed by atoms with Crippen molar-refractivity contribution in [3.63, 3.8) is 0 Å². The number of thiazole rings is 1. The molecule has 0 aromatic carbocycles. The Bertz CT molecular complexity index is 355. The van der Waals surface area contributed by atoms with E-state index in [-0.39, 0.29) is 0 Å². The van der Waals surface area contributed by atoms with Crippen LogP contribution >= 0.6 is 11.3 Å². The maximum Gasteiger partial charge on any atom is 0.180 e. The minimum Gasteiger partial charge on any atom is -0.381 e. The highest BCUT2D eigenvalue weighted by Gasteiger charge is 2.06. The van der Waals surface area contributed by atoms with Gasteiger partial charge in [0.05, 0.1) is 9.88 Å². The fourth-order valence-electron chi connectivity index (χ4n) is 0.880. The second kappa shape index (κ2) is 2.60. The Hall–Kier alpha value is -1.36. The van der Waals surface area contributed by atoms with E-state index >= 15 is 0 Å². The van der Waals surface area contributed by atoms with E-state index in [1.165, 1.54) is 0 Å². The molecule has 2 N–H and O–H groups in total. The molecule has 0 atom stereocenters. The largest absolute Gasteiger partial charge is 0.381 e. The lowest BCUT2D eigenvalue weighted by atomic mass is 10.4. The molecule has 0 fully saturated rings. The van der Waals surface area contributed by atoms with Gasteiger partial charge >= 0.3 is 0 Å². The Balaban J connectivity index is 2.43. The van der Waals surface area contributed by atoms with Crippen LogP contribution in [0.2, 0.25) is 0 Å². The Morgan fingerprint density at radius 3 is 2.92 bits per heavy atom. The van der Waals surface area contributed by atoms with Gasteiger partial charge in [0, 0.05) is 12.3 Å². The zero-order chi connectivity index (χ0) is 8.55. The fraction of sp³-hybridized carbons (Fsp3) is 0.143. The van der Waals surface area contributed by atoms with Crippen molar-refractivity contribution in [3.05, 3.63) is 17.3 Å². The summed E-state index contributed by atoms with van der Waals surface area (Å²) in [5.74, 6) is 1.08. The van der Waals surface area contributed by atoms with E-state index in [4.69, 9.17) is 10.3 Å². The molecule has 0 radical (unpaired) electrons. The highest BCUT2D eigenvalue weighted by molar-refractivity contribution is 7.15. The third-order valence-corrected chi connectivity index (χ3v) is 2.32. The SMILES string of the molecule is Cc1ncc(-c2cc(N)no2)s1. The van der Waals surface area contributed by atoms with E-state index in [1.807, 2.05) is 6.92 Å². The second-order valence-corrected chi connectivity index (χ2v) is 3.59. The topological polar surface area (TPSA) is 64.9 Å². The molecule has 0 bridgehead atoms. The molecule has 2 aromatic heterocycles. The van der Waals surface area contributed by atoms with Gasteiger partial charge < -0.3 is 10.3 Å². The summed E-state index contributed by atoms with van der Waals surface area (Å²) < 4.78 is 4.96. The van der Waals surface area contributed by atoms with Crippen molar-refractivity contribution in [3.8, 4) is 10.6 Å². The molecule has 0 saturated heterocycles. The van der Waals surface area contributed by atoms with E-state index in [0.717, 1.165) is 9.88 Å². The lowest BCUT2D eigenvalue weighted by Crippen LogP contribution is -1.79. The molecular weight excluding hydrogens is 174 g/mol. The monoisotopic (exact) mass is 181 g/mol. The van der Waals surface area contributed by atoms with E-state index in [0.29, 0.717) is 11.6 Å². The zero-order valence-corrected chi connectivity index (χ0v) is 7.26. The van der Waals surface area contributed by atoms with Gasteiger partial charge in [0.2, 0.25) is 0 Å². The Morgan fingerprint density at radius 1 is 1.58 bits per heavy atom. The van der Waals surface area contributed by atoms with Crippen LogP contribution in [0.25, 0.3) is 10.6 Å². The summed E-state index contributed by atoms with van der Waals surface area (Å²) in [7, 11) is 0. The van der Waals surface area contributed by atoms with E-state index in [9.17, 15) is 0 Å². The van der Waals surface area contributed by atoms with Crippen molar-refractivity contribution in [2.75, 3.05) is 5.73 Å². The number of nitrogen functional groups attached to an aromatic ring is 1. The third kappa shape index (κ3) is 1.18. The Morgan fingerprint density at radius 2 is 2.42 bits per heavy atom. The van der Waals surface area contributed by atoms with E-state index < -0.39 is 0 Å². The number of nitrogens with two attached hydrogens (primary N) is 1. The quantitative estimate of drug-likeness (QED) is 0.727. The summed E-state index contributed by atoms with van der Waals surface area (Å²) in [6.45, 7) is 1.94. The first-order valence-corrected chi connectivity index (χ1v) is 4.22. The summed E-state index contributed by atoms with van der Waals surface area (Å²) in [5.41, 5.74) is 5.40. The lowest BCUT2D eigenvalue weighted by Gasteiger charge is -1.81. The summed E-state index contributed by atoms with van der Waals surface area (Å²) >= 11 is 1.55. The van der Waals surface area contributed by atoms with Crippen molar-refractivity contribution in [1.82, 2.24) is 10.1 Å². The van der Waals surface area contributed by atoms with Gasteiger partial charge in [-0.25, -0.2) is 4.98 Å². The summed E-state index contributed by atoms with van der Waals surface area (Å²) in [4.78, 5) is 5.05. The van der Waals surface area contributed by atoms with Crippen LogP contribution < -0.4 is 5.73 Å². The van der Waals surface area contributed by atoms with Crippen LogP contribution in [0.15, 0.2) is 16.8 Å². The molecule has 0 spiro atoms. The molecule has 0 amide bonds. The molecule has 2 heterocycles. The van der Waals surface area contributed by atoms with E-state index in [1.54, 1.807) is 23.6 Å². The third-order valence-electron chi connectivity index (χ3n) is 1.39. The first kappa shape index (κ1) is 7.30. The van der Waals surface area contributed by atoms with Gasteiger partial charge in [0.1, 0.15) is 0 Å². The maximum absolute atomic E-state index is 5.40. The second-order valence-electron chi connectivity index (χ2n) is 2.36. The average Bonchev–Trinajstić information content (AvgIpc) is 2.58. The van der Waals surface area contributed by atoms with Crippen LogP contribution in [0.5, 0.6) is 0 Å². The number of rotatable bonds is 1. The van der Waals surface area contributed by atoms with Crippen molar-refractivity contribution < 1.29 is 4.52 Å². The van der Waals surface area contributed by atoms with Gasteiger partial charge in [0.25, 0.3) is 0 Å². The van der Waals surface area contributed by atoms with Gasteiger partial charge in [0.15, 0.2) is 11.6 Å². The van der Waals surface area contributed by atoms with Gasteiger partial charge in [-0.15, -0.1) is 11.3 Å². The Labute approximate surface area is 73.0 Å². The predicted octanol–water partition coefficient (Wildman–Crippen LogP) is 1.69. The standard InChI is InChI=1S/C7H7N3OS/c1-4-9-3-6(12-4)5-2-7(8)10-11-5/h2-3H,1H3,(H2,8,10). The van der Waals surface area contributed by atoms with Crippen LogP contribution in [-0.4, -0.2) is 10.1 Å². The van der Waals surface area contributed by atoms with Crippen LogP contribution in [0.4, 0.5) is 5.82 Å². The van der Waals surface area contributed by atoms with Crippen LogP contribution in [0.3, 0.4) is 0 Å². The smallest absolute Gasteiger partial charge is 0.180 e. The first-order chi connectivity index (χ1) is 5.75. The molecule has 0 aliphatic heterocycles. The molecule has 5 heteroatoms. The molecular formula is C7H7N3OS. The molecule has 0 aliphatic carbocycles. The van der Waals surface area contributed by atoms with Crippen molar-refractivity contribution in [2.24, 2.45) is 0 Å². The number of nitrogens with zero attached hydrogens (tertiary/aromatic N) is 2. The number of aromatic nitrogens is 2. The molecule has 2 aromatic rings. The molecule has 0 unspecified atom stereocenters. The Kier molecular flexibility index (Phi) is 1.58. The normalized spacial score (nSPS) is 10.4. The molecule has 0 aliphatic rings. The molecule has 12 heavy (non-hydrogen) atoms. The van der Waals surface area contributed by atoms with Crippen LogP contribution in [-0.2, 0) is 0 Å². The first-order valence-electron chi connectivity index (χ1n) is 3.41. The number of anilines is 1. The number of hydrogen-bond acceptors (Lipinski definition) is 5. The minimum atomic E-state index is 0.399. The van der Waals surface area contributed by atoms with Crippen LogP contribution in [0, 0.1) is 6.92 Å². The predicted molar refractivity (Wildman–Crippen MR) is 46.8 cm³/mol. The highest BCUT2D eigenvalue weighted by Crippen LogP contribution is 2.26. The summed E-state index contributed by atoms with van der Waals surface area (Å²) in [5, 5.41) is 4.58. The van der Waals surface area contributed by atoms with Crippen molar-refractivity contribution in [2.45, 2.75) is 6.92 Å². The van der Waals surface area contributed by atoms with Gasteiger partial charge in [-0.1, -0.05) is 5.16 Å². The molecule has 4 nitrogen and oxygen atoms in total. The van der Waals surface area contributed by atoms with Gasteiger partial charge in [-0.2, -0.15) is 0 Å². The lowest BCUT2D eigenvalue weighted by molar-refractivity contribution is 0.436. The summed E-state index contributed by atoms with van der Waals surface area (Å²) in [6, 6.07) is 1.69. The van der Waals surface area contributed by atoms with E-state index in [2.05, 4.69) is 10.1 Å². The highest BCUT2D eigenvalue weighted by atomic mass is 32.1. The number of hydrogen-bond donors (Lipinski definition) is 1. The maximum atomic E-state index is 5.40. The molecule has 62 valence electrons. The fourth-order valence-corrected chi connectivity index (χ4v) is 1.61. The molecule has 2 rings (SSSR count). The summed E-state index contributed by atoms with van der Waals surface area (Å²) in [6.07, 6.45) is 1.75. The zero-order valence-electron chi connectivity index (χ0n) is 6.44. The molecule has 0 saturated carbocycles. The van der Waals surface area contributed by atoms with Gasteiger partial charge in [-0.3, -0.25) is 0 Å². The minimum absolute atomic E-state index is 0.399.